The van der Waals surface area contributed by atoms with Gasteiger partial charge in [-0.3, -0.25) is 63.2 Å². The summed E-state index contributed by atoms with van der Waals surface area (Å²) in [4.78, 5) is 170. The smallest absolute Gasteiger partial charge is 0.334 e. The Morgan fingerprint density at radius 1 is 0.495 bits per heavy atom. The van der Waals surface area contributed by atoms with E-state index in [0.717, 1.165) is 0 Å². The second-order valence-corrected chi connectivity index (χ2v) is 22.7. The van der Waals surface area contributed by atoms with Crippen LogP contribution in [0.4, 0.5) is 4.79 Å². The van der Waals surface area contributed by atoms with Gasteiger partial charge in [0.15, 0.2) is 5.96 Å². The highest BCUT2D eigenvalue weighted by atomic mass is 16.3. The zero-order valence-corrected chi connectivity index (χ0v) is 52.6. The number of nitrogens with one attached hydrogen (secondary N) is 12. The number of aromatic amines is 1. The van der Waals surface area contributed by atoms with Gasteiger partial charge in [0.1, 0.15) is 54.1 Å². The Kier molecular flexibility index (Phi) is 29.3. The molecule has 1 heterocycles. The number of aliphatic imine (C=N–C) groups is 1. The minimum Gasteiger partial charge on any atom is -0.508 e. The van der Waals surface area contributed by atoms with Gasteiger partial charge in [-0.2, -0.15) is 0 Å². The van der Waals surface area contributed by atoms with Crippen molar-refractivity contribution in [3.8, 4) is 5.75 Å². The lowest BCUT2D eigenvalue weighted by molar-refractivity contribution is -0.136. The van der Waals surface area contributed by atoms with Gasteiger partial charge in [-0.25, -0.2) is 10.2 Å². The summed E-state index contributed by atoms with van der Waals surface area (Å²) in [6.07, 6.45) is -0.432. The number of H-pyrrole nitrogens is 1. The van der Waals surface area contributed by atoms with E-state index in [1.165, 1.54) is 31.3 Å². The highest BCUT2D eigenvalue weighted by molar-refractivity contribution is 6.00. The zero-order chi connectivity index (χ0) is 69.7. The molecule has 0 fully saturated rings. The molecule has 5 aromatic rings. The van der Waals surface area contributed by atoms with Gasteiger partial charge in [-0.15, -0.1) is 0 Å². The summed E-state index contributed by atoms with van der Waals surface area (Å²) in [6.45, 7) is 2.61. The molecule has 32 heteroatoms. The van der Waals surface area contributed by atoms with Gasteiger partial charge in [-0.05, 0) is 72.1 Å². The normalized spacial score (nSPS) is 14.1. The third-order valence-corrected chi connectivity index (χ3v) is 14.7. The first kappa shape index (κ1) is 74.6. The topological polar surface area (TPSA) is 536 Å². The van der Waals surface area contributed by atoms with Crippen LogP contribution < -0.4 is 87.4 Å². The van der Waals surface area contributed by atoms with Crippen LogP contribution in [0.25, 0.3) is 10.9 Å². The predicted molar refractivity (Wildman–Crippen MR) is 347 cm³/mol. The number of hydrazine groups is 1. The summed E-state index contributed by atoms with van der Waals surface area (Å²) in [5.41, 5.74) is 35.8. The fourth-order valence-corrected chi connectivity index (χ4v) is 9.74. The number of phenolic OH excluding ortho intramolecular Hbond substituents is 1. The number of carbonyl (C=O) groups excluding carboxylic acids is 12. The van der Waals surface area contributed by atoms with Crippen molar-refractivity contribution in [3.63, 3.8) is 0 Å². The van der Waals surface area contributed by atoms with E-state index >= 15 is 0 Å². The standard InChI is InChI=1S/C63H84N18O14/c1-34(2)25-45(56(89)72-43(19-12-24-70-62(68)69-3)55(88)73-44(53(67)86)27-35-13-6-4-7-14-35)79-63(95)81-80-61(94)46(28-36-15-8-5-9-16-36)75-60(93)50(33-82)78-59(92)49(31-52(66)85)77-57(90)47(29-38-32-71-42-18-11-10-17-40(38)42)76-58(91)48(30-51(65)84)74-54(87)41(64)26-37-20-22-39(83)23-21-37/h4-11,13-18,20-23,32,34,41,43-50,71,82-83H,12,19,24-31,33,64H2,1-3H3,(H2,65,84)(H2,66,85)(H2,67,86)(H,72,89)(H,73,88)(H,74,87)(H,75,93)(H,76,91)(H,77,90)(H,78,92)(H,80,94)(H3,68,69,70)(H2,79,81,95)/t41-,43+,44+,45+,46+,47+,48-,49+,50+/m1/s1. The number of aliphatic hydroxyl groups excluding tert-OH is 1. The molecule has 5 rings (SSSR count). The Morgan fingerprint density at radius 2 is 0.958 bits per heavy atom. The second kappa shape index (κ2) is 37.4. The van der Waals surface area contributed by atoms with Gasteiger partial charge in [0.25, 0.3) is 5.91 Å². The van der Waals surface area contributed by atoms with Crippen LogP contribution in [0.5, 0.6) is 5.75 Å². The molecule has 0 saturated carbocycles. The SMILES string of the molecule is CN=C(N)NCCC[C@H](NC(=O)[C@H](CC(C)C)NC(=O)NNC(=O)[C@H](Cc1ccccc1)NC(=O)[C@H](CO)NC(=O)[C@H](CC(N)=O)NC(=O)[C@H](Cc1c[nH]c2ccccc12)NC(=O)[C@@H](CC(N)=O)NC(=O)[C@H](N)Cc1ccc(O)cc1)C(=O)N[C@@H](Cc1ccccc1)C(N)=O. The number of phenols is 1. The maximum Gasteiger partial charge on any atom is 0.334 e. The number of rotatable bonds is 36. The minimum atomic E-state index is -1.92. The molecule has 4 aromatic carbocycles. The second-order valence-electron chi connectivity index (χ2n) is 22.7. The summed E-state index contributed by atoms with van der Waals surface area (Å²) < 4.78 is 0. The summed E-state index contributed by atoms with van der Waals surface area (Å²) in [6, 6.07) is 14.7. The molecule has 32 nitrogen and oxygen atoms in total. The quantitative estimate of drug-likeness (QED) is 0.00790. The number of urea groups is 1. The lowest BCUT2D eigenvalue weighted by Crippen LogP contribution is -2.62. The molecule has 0 saturated heterocycles. The molecule has 0 aliphatic heterocycles. The Bertz CT molecular complexity index is 3500. The van der Waals surface area contributed by atoms with E-state index < -0.39 is 145 Å². The third-order valence-electron chi connectivity index (χ3n) is 14.7. The van der Waals surface area contributed by atoms with Crippen LogP contribution in [0.3, 0.4) is 0 Å². The number of amides is 13. The first-order chi connectivity index (χ1) is 45.2. The average molecular weight is 1320 g/mol. The molecule has 95 heavy (non-hydrogen) atoms. The Balaban J connectivity index is 1.30. The molecule has 0 spiro atoms. The van der Waals surface area contributed by atoms with Crippen molar-refractivity contribution in [1.82, 2.24) is 63.7 Å². The largest absolute Gasteiger partial charge is 0.508 e. The number of carbonyl (C=O) groups is 12. The van der Waals surface area contributed by atoms with Crippen molar-refractivity contribution >= 4 is 87.9 Å². The predicted octanol–water partition coefficient (Wildman–Crippen LogP) is -3.85. The number of nitrogens with zero attached hydrogens (tertiary/aromatic N) is 1. The van der Waals surface area contributed by atoms with Crippen molar-refractivity contribution in [2.24, 2.45) is 39.6 Å². The van der Waals surface area contributed by atoms with E-state index in [1.807, 2.05) is 0 Å². The first-order valence-corrected chi connectivity index (χ1v) is 30.3. The summed E-state index contributed by atoms with van der Waals surface area (Å²) in [5.74, 6) is -11.3. The molecular weight excluding hydrogens is 1230 g/mol. The molecule has 1 aromatic heterocycles. The number of hydrogen-bond acceptors (Lipinski definition) is 16. The molecule has 0 aliphatic rings. The Morgan fingerprint density at radius 3 is 1.52 bits per heavy atom. The highest BCUT2D eigenvalue weighted by Crippen LogP contribution is 2.20. The van der Waals surface area contributed by atoms with Gasteiger partial charge in [0, 0.05) is 50.0 Å². The molecule has 0 radical (unpaired) electrons. The summed E-state index contributed by atoms with van der Waals surface area (Å²) >= 11 is 0. The monoisotopic (exact) mass is 1320 g/mol. The number of aromatic nitrogens is 1. The van der Waals surface area contributed by atoms with Gasteiger partial charge in [0.05, 0.1) is 25.5 Å². The van der Waals surface area contributed by atoms with E-state index in [-0.39, 0.29) is 69.1 Å². The van der Waals surface area contributed by atoms with Crippen LogP contribution in [0.2, 0.25) is 0 Å². The third kappa shape index (κ3) is 25.1. The van der Waals surface area contributed by atoms with E-state index in [9.17, 15) is 67.7 Å². The number of aliphatic hydroxyl groups is 1. The summed E-state index contributed by atoms with van der Waals surface area (Å²) in [7, 11) is 1.47. The molecular formula is C63H84N18O14. The minimum absolute atomic E-state index is 0.0124. The number of para-hydroxylation sites is 1. The maximum atomic E-state index is 14.5. The van der Waals surface area contributed by atoms with Crippen LogP contribution in [0, 0.1) is 5.92 Å². The van der Waals surface area contributed by atoms with E-state index in [1.54, 1.807) is 105 Å². The molecule has 510 valence electrons. The number of benzene rings is 4. The van der Waals surface area contributed by atoms with Crippen LogP contribution in [-0.4, -0.2) is 167 Å². The zero-order valence-electron chi connectivity index (χ0n) is 52.6. The molecule has 0 aliphatic carbocycles. The van der Waals surface area contributed by atoms with E-state index in [4.69, 9.17) is 28.7 Å². The van der Waals surface area contributed by atoms with Crippen molar-refractivity contribution in [2.75, 3.05) is 20.2 Å². The maximum absolute atomic E-state index is 14.5. The Labute approximate surface area is 546 Å². The van der Waals surface area contributed by atoms with Gasteiger partial charge in [0.2, 0.25) is 59.1 Å². The summed E-state index contributed by atoms with van der Waals surface area (Å²) in [5, 5.41) is 43.4. The number of aromatic hydroxyl groups is 1. The fourth-order valence-electron chi connectivity index (χ4n) is 9.74. The van der Waals surface area contributed by atoms with Crippen molar-refractivity contribution in [3.05, 3.63) is 138 Å². The molecule has 24 N–H and O–H groups in total. The number of primary amides is 3. The van der Waals surface area contributed by atoms with Crippen molar-refractivity contribution in [2.45, 2.75) is 126 Å². The van der Waals surface area contributed by atoms with E-state index in [2.05, 4.69) is 68.7 Å². The number of hydrogen-bond donors (Lipinski definition) is 19. The van der Waals surface area contributed by atoms with Crippen LogP contribution in [0.1, 0.15) is 68.2 Å². The number of fused-ring (bicyclic) bond motifs is 1. The van der Waals surface area contributed by atoms with Crippen LogP contribution >= 0.6 is 0 Å². The molecule has 0 bridgehead atoms. The molecule has 0 unspecified atom stereocenters. The van der Waals surface area contributed by atoms with Gasteiger partial charge >= 0.3 is 6.03 Å². The van der Waals surface area contributed by atoms with Crippen LogP contribution in [0.15, 0.2) is 120 Å². The lowest BCUT2D eigenvalue weighted by atomic mass is 10.0. The number of nitrogens with two attached hydrogens (primary N) is 5. The average Bonchev–Trinajstić information content (AvgIpc) is 1.78. The van der Waals surface area contributed by atoms with E-state index in [0.29, 0.717) is 33.2 Å². The van der Waals surface area contributed by atoms with Gasteiger partial charge in [-0.1, -0.05) is 105 Å². The Hall–Kier alpha value is -11.2. The first-order valence-electron chi connectivity index (χ1n) is 30.3. The van der Waals surface area contributed by atoms with Crippen LogP contribution in [-0.2, 0) is 78.4 Å². The highest BCUT2D eigenvalue weighted by Gasteiger charge is 2.36. The van der Waals surface area contributed by atoms with Crippen molar-refractivity contribution < 1.29 is 67.7 Å². The molecule has 13 amide bonds. The van der Waals surface area contributed by atoms with Crippen molar-refractivity contribution in [1.29, 1.82) is 0 Å². The number of guanidine groups is 1. The fraction of sp³-hybridized carbons (Fsp3) is 0.381. The lowest BCUT2D eigenvalue weighted by Gasteiger charge is -2.27. The van der Waals surface area contributed by atoms with Gasteiger partial charge < -0.3 is 91.7 Å². The molecule has 9 atom stereocenters.